The molecule has 2 heterocycles. The smallest absolute Gasteiger partial charge is 0.321 e. The first-order valence-corrected chi connectivity index (χ1v) is 11.6. The Kier molecular flexibility index (Phi) is 7.29. The maximum Gasteiger partial charge on any atom is 0.321 e. The second-order valence-corrected chi connectivity index (χ2v) is 9.06. The van der Waals surface area contributed by atoms with E-state index in [4.69, 9.17) is 0 Å². The Balaban J connectivity index is 1.90. The van der Waals surface area contributed by atoms with Gasteiger partial charge in [0.25, 0.3) is 5.56 Å². The zero-order chi connectivity index (χ0) is 22.5. The molecule has 0 spiro atoms. The van der Waals surface area contributed by atoms with Crippen LogP contribution in [0.2, 0.25) is 0 Å². The molecular formula is C22H24N4O3S2. The van der Waals surface area contributed by atoms with Crippen molar-refractivity contribution in [1.82, 2.24) is 20.2 Å². The normalized spacial score (nSPS) is 11.0. The monoisotopic (exact) mass is 456 g/mol. The maximum absolute atomic E-state index is 13.3. The highest BCUT2D eigenvalue weighted by Crippen LogP contribution is 2.32. The lowest BCUT2D eigenvalue weighted by molar-refractivity contribution is -0.117. The van der Waals surface area contributed by atoms with Crippen molar-refractivity contribution in [3.05, 3.63) is 58.2 Å². The number of amides is 3. The van der Waals surface area contributed by atoms with E-state index in [2.05, 4.69) is 22.2 Å². The number of carbonyl (C=O) groups excluding carboxylic acids is 2. The van der Waals surface area contributed by atoms with Gasteiger partial charge in [0, 0.05) is 23.5 Å². The third kappa shape index (κ3) is 5.42. The average molecular weight is 457 g/mol. The summed E-state index contributed by atoms with van der Waals surface area (Å²) < 4.78 is 1.51. The number of nitrogens with one attached hydrogen (secondary N) is 2. The fourth-order valence-electron chi connectivity index (χ4n) is 2.94. The van der Waals surface area contributed by atoms with Gasteiger partial charge < -0.3 is 5.32 Å². The number of rotatable bonds is 7. The Morgan fingerprint density at radius 3 is 2.65 bits per heavy atom. The fourth-order valence-corrected chi connectivity index (χ4v) is 4.74. The molecule has 0 atom stereocenters. The van der Waals surface area contributed by atoms with Crippen molar-refractivity contribution in [3.8, 4) is 11.1 Å². The Morgan fingerprint density at radius 2 is 2.00 bits per heavy atom. The number of aromatic nitrogens is 2. The number of urea groups is 1. The van der Waals surface area contributed by atoms with Gasteiger partial charge >= 0.3 is 6.03 Å². The topological polar surface area (TPSA) is 93.1 Å². The van der Waals surface area contributed by atoms with E-state index in [-0.39, 0.29) is 23.9 Å². The molecule has 0 unspecified atom stereocenters. The first-order chi connectivity index (χ1) is 14.8. The Morgan fingerprint density at radius 1 is 1.29 bits per heavy atom. The van der Waals surface area contributed by atoms with Crippen LogP contribution in [0.15, 0.2) is 52.3 Å². The number of hydrogen-bond donors (Lipinski definition) is 2. The number of fused-ring (bicyclic) bond motifs is 1. The van der Waals surface area contributed by atoms with Crippen LogP contribution in [0.4, 0.5) is 4.79 Å². The minimum Gasteiger partial charge on any atom is -0.336 e. The van der Waals surface area contributed by atoms with E-state index >= 15 is 0 Å². The number of nitrogens with zero attached hydrogens (tertiary/aromatic N) is 2. The number of benzene rings is 1. The Hall–Kier alpha value is -2.91. The lowest BCUT2D eigenvalue weighted by Crippen LogP contribution is -2.43. The standard InChI is InChI=1S/C22H24N4O3S2/c1-5-10-26-20(28)18-16(15-8-6-14(4)7-9-15)11-30-19(18)25-22(26)31-12-17(27)24-21(29)23-13(2)3/h5-9,11,13H,1,10,12H2,2-4H3,(H2,23,24,27,29). The first kappa shape index (κ1) is 22.8. The number of allylic oxidation sites excluding steroid dienone is 1. The van der Waals surface area contributed by atoms with Crippen LogP contribution in [-0.4, -0.2) is 33.3 Å². The largest absolute Gasteiger partial charge is 0.336 e. The number of thioether (sulfide) groups is 1. The van der Waals surface area contributed by atoms with Crippen LogP contribution in [-0.2, 0) is 11.3 Å². The molecule has 1 aromatic carbocycles. The van der Waals surface area contributed by atoms with E-state index in [9.17, 15) is 14.4 Å². The van der Waals surface area contributed by atoms with E-state index in [1.807, 2.05) is 36.6 Å². The lowest BCUT2D eigenvalue weighted by atomic mass is 10.1. The van der Waals surface area contributed by atoms with Gasteiger partial charge in [0.15, 0.2) is 5.16 Å². The molecule has 3 amide bonds. The summed E-state index contributed by atoms with van der Waals surface area (Å²) in [5, 5.41) is 7.77. The van der Waals surface area contributed by atoms with Crippen molar-refractivity contribution in [2.24, 2.45) is 0 Å². The van der Waals surface area contributed by atoms with E-state index in [0.717, 1.165) is 28.5 Å². The molecule has 0 bridgehead atoms. The Bertz CT molecular complexity index is 1180. The quantitative estimate of drug-likeness (QED) is 0.319. The summed E-state index contributed by atoms with van der Waals surface area (Å²) in [5.74, 6) is -0.509. The van der Waals surface area contributed by atoms with Crippen LogP contribution in [0, 0.1) is 6.92 Å². The van der Waals surface area contributed by atoms with E-state index < -0.39 is 11.9 Å². The van der Waals surface area contributed by atoms with Crippen LogP contribution < -0.4 is 16.2 Å². The number of imide groups is 1. The van der Waals surface area contributed by atoms with E-state index in [1.165, 1.54) is 15.9 Å². The predicted molar refractivity (Wildman–Crippen MR) is 127 cm³/mol. The molecular weight excluding hydrogens is 432 g/mol. The summed E-state index contributed by atoms with van der Waals surface area (Å²) in [6, 6.07) is 7.36. The van der Waals surface area contributed by atoms with E-state index in [0.29, 0.717) is 15.4 Å². The molecule has 2 N–H and O–H groups in total. The molecule has 7 nitrogen and oxygen atoms in total. The van der Waals surface area contributed by atoms with Crippen LogP contribution in [0.25, 0.3) is 21.3 Å². The minimum atomic E-state index is -0.548. The molecule has 0 fully saturated rings. The fraction of sp³-hybridized carbons (Fsp3) is 0.273. The highest BCUT2D eigenvalue weighted by molar-refractivity contribution is 7.99. The third-order valence-corrected chi connectivity index (χ3v) is 6.19. The Labute approximate surface area is 188 Å². The lowest BCUT2D eigenvalue weighted by Gasteiger charge is -2.11. The highest BCUT2D eigenvalue weighted by atomic mass is 32.2. The molecule has 0 aliphatic rings. The second kappa shape index (κ2) is 9.93. The van der Waals surface area contributed by atoms with Gasteiger partial charge in [0.05, 0.1) is 11.1 Å². The van der Waals surface area contributed by atoms with Crippen LogP contribution >= 0.6 is 23.1 Å². The molecule has 3 rings (SSSR count). The highest BCUT2D eigenvalue weighted by Gasteiger charge is 2.18. The van der Waals surface area contributed by atoms with Gasteiger partial charge in [-0.25, -0.2) is 9.78 Å². The summed E-state index contributed by atoms with van der Waals surface area (Å²) >= 11 is 2.50. The van der Waals surface area contributed by atoms with Crippen LogP contribution in [0.5, 0.6) is 0 Å². The van der Waals surface area contributed by atoms with Gasteiger partial charge in [-0.3, -0.25) is 19.5 Å². The average Bonchev–Trinajstić information content (AvgIpc) is 3.13. The van der Waals surface area contributed by atoms with Gasteiger partial charge in [-0.1, -0.05) is 47.7 Å². The molecule has 0 aliphatic heterocycles. The zero-order valence-corrected chi connectivity index (χ0v) is 19.2. The molecule has 31 heavy (non-hydrogen) atoms. The molecule has 0 saturated heterocycles. The maximum atomic E-state index is 13.3. The number of thiophene rings is 1. The summed E-state index contributed by atoms with van der Waals surface area (Å²) in [5.41, 5.74) is 2.76. The second-order valence-electron chi connectivity index (χ2n) is 7.26. The number of hydrogen-bond acceptors (Lipinski definition) is 6. The first-order valence-electron chi connectivity index (χ1n) is 9.73. The molecule has 0 radical (unpaired) electrons. The molecule has 2 aromatic heterocycles. The van der Waals surface area contributed by atoms with Crippen molar-refractivity contribution in [2.75, 3.05) is 5.75 Å². The number of carbonyl (C=O) groups is 2. The summed E-state index contributed by atoms with van der Waals surface area (Å²) in [6.45, 7) is 9.62. The molecule has 0 saturated carbocycles. The molecule has 162 valence electrons. The predicted octanol–water partition coefficient (Wildman–Crippen LogP) is 3.95. The van der Waals surface area contributed by atoms with Crippen molar-refractivity contribution in [2.45, 2.75) is 38.5 Å². The summed E-state index contributed by atoms with van der Waals surface area (Å²) in [6.07, 6.45) is 1.62. The van der Waals surface area contributed by atoms with Crippen molar-refractivity contribution in [3.63, 3.8) is 0 Å². The van der Waals surface area contributed by atoms with Gasteiger partial charge in [0.2, 0.25) is 5.91 Å². The molecule has 9 heteroatoms. The SMILES string of the molecule is C=CCn1c(SCC(=O)NC(=O)NC(C)C)nc2scc(-c3ccc(C)cc3)c2c1=O. The van der Waals surface area contributed by atoms with Gasteiger partial charge in [-0.15, -0.1) is 17.9 Å². The van der Waals surface area contributed by atoms with Gasteiger partial charge in [0.1, 0.15) is 4.83 Å². The van der Waals surface area contributed by atoms with Crippen LogP contribution in [0.1, 0.15) is 19.4 Å². The van der Waals surface area contributed by atoms with Crippen LogP contribution in [0.3, 0.4) is 0 Å². The van der Waals surface area contributed by atoms with E-state index in [1.54, 1.807) is 19.9 Å². The molecule has 3 aromatic rings. The van der Waals surface area contributed by atoms with Crippen molar-refractivity contribution in [1.29, 1.82) is 0 Å². The van der Waals surface area contributed by atoms with Gasteiger partial charge in [-0.2, -0.15) is 0 Å². The third-order valence-electron chi connectivity index (χ3n) is 4.34. The summed E-state index contributed by atoms with van der Waals surface area (Å²) in [7, 11) is 0. The van der Waals surface area contributed by atoms with Gasteiger partial charge in [-0.05, 0) is 26.3 Å². The van der Waals surface area contributed by atoms with Crippen molar-refractivity contribution >= 4 is 45.3 Å². The molecule has 0 aliphatic carbocycles. The van der Waals surface area contributed by atoms with Crippen molar-refractivity contribution < 1.29 is 9.59 Å². The number of aryl methyl sites for hydroxylation is 1. The zero-order valence-electron chi connectivity index (χ0n) is 17.6. The summed E-state index contributed by atoms with van der Waals surface area (Å²) in [4.78, 5) is 42.4. The minimum absolute atomic E-state index is 0.0448.